The second kappa shape index (κ2) is 12.4. The van der Waals surface area contributed by atoms with Gasteiger partial charge < -0.3 is 19.0 Å². The van der Waals surface area contributed by atoms with Gasteiger partial charge in [-0.1, -0.05) is 60.7 Å². The van der Waals surface area contributed by atoms with E-state index in [9.17, 15) is 9.90 Å². The maximum atomic E-state index is 12.2. The van der Waals surface area contributed by atoms with Crippen molar-refractivity contribution in [1.82, 2.24) is 4.98 Å². The van der Waals surface area contributed by atoms with E-state index in [0.29, 0.717) is 30.4 Å². The highest BCUT2D eigenvalue weighted by molar-refractivity contribution is 5.78. The fourth-order valence-corrected chi connectivity index (χ4v) is 4.80. The standard InChI is InChI=1S/C36H35NO5/c1-24-13-16-32(21-25(24)2)42-36(4,35(38)39)23-27-14-17-31(18-15-27)40-20-19-33-26(3)41-34(37-33)30-12-8-11-29(22-30)28-9-6-5-7-10-28/h5-18,21-22H,19-20,23H2,1-4H3,(H,38,39). The van der Waals surface area contributed by atoms with E-state index in [-0.39, 0.29) is 6.42 Å². The molecule has 5 rings (SSSR count). The normalized spacial score (nSPS) is 12.5. The van der Waals surface area contributed by atoms with Crippen LogP contribution in [0.4, 0.5) is 0 Å². The molecule has 5 aromatic rings. The van der Waals surface area contributed by atoms with Crippen LogP contribution >= 0.6 is 0 Å². The maximum absolute atomic E-state index is 12.2. The number of carboxylic acid groups (broad SMARTS) is 1. The van der Waals surface area contributed by atoms with Gasteiger partial charge in [0.15, 0.2) is 0 Å². The summed E-state index contributed by atoms with van der Waals surface area (Å²) in [5.74, 6) is 1.58. The molecule has 1 heterocycles. The first-order valence-electron chi connectivity index (χ1n) is 14.0. The predicted octanol–water partition coefficient (Wildman–Crippen LogP) is 8.02. The highest BCUT2D eigenvalue weighted by atomic mass is 16.5. The molecule has 0 aliphatic heterocycles. The van der Waals surface area contributed by atoms with Crippen molar-refractivity contribution >= 4 is 5.97 Å². The van der Waals surface area contributed by atoms with E-state index in [1.54, 1.807) is 6.92 Å². The number of carbonyl (C=O) groups is 1. The van der Waals surface area contributed by atoms with Crippen molar-refractivity contribution in [2.45, 2.75) is 46.1 Å². The Kier molecular flexibility index (Phi) is 8.43. The maximum Gasteiger partial charge on any atom is 0.348 e. The topological polar surface area (TPSA) is 81.8 Å². The van der Waals surface area contributed by atoms with Gasteiger partial charge in [-0.15, -0.1) is 0 Å². The molecule has 42 heavy (non-hydrogen) atoms. The summed E-state index contributed by atoms with van der Waals surface area (Å²) in [5.41, 5.74) is 5.64. The zero-order valence-corrected chi connectivity index (χ0v) is 24.4. The second-order valence-corrected chi connectivity index (χ2v) is 10.8. The molecular formula is C36H35NO5. The minimum Gasteiger partial charge on any atom is -0.493 e. The molecule has 0 aliphatic carbocycles. The van der Waals surface area contributed by atoms with E-state index in [1.165, 1.54) is 0 Å². The predicted molar refractivity (Wildman–Crippen MR) is 164 cm³/mol. The van der Waals surface area contributed by atoms with Gasteiger partial charge in [-0.05, 0) is 91.9 Å². The number of carboxylic acids is 1. The van der Waals surface area contributed by atoms with E-state index in [4.69, 9.17) is 18.9 Å². The van der Waals surface area contributed by atoms with Crippen LogP contribution in [0, 0.1) is 20.8 Å². The third-order valence-electron chi connectivity index (χ3n) is 7.46. The Morgan fingerprint density at radius 3 is 2.21 bits per heavy atom. The molecule has 0 radical (unpaired) electrons. The van der Waals surface area contributed by atoms with Crippen molar-refractivity contribution < 1.29 is 23.8 Å². The fourth-order valence-electron chi connectivity index (χ4n) is 4.80. The average Bonchev–Trinajstić information content (AvgIpc) is 3.36. The van der Waals surface area contributed by atoms with Crippen molar-refractivity contribution in [2.75, 3.05) is 6.61 Å². The number of rotatable bonds is 11. The largest absolute Gasteiger partial charge is 0.493 e. The van der Waals surface area contributed by atoms with Gasteiger partial charge in [0.2, 0.25) is 11.5 Å². The van der Waals surface area contributed by atoms with Crippen LogP contribution in [0.2, 0.25) is 0 Å². The van der Waals surface area contributed by atoms with Crippen LogP contribution in [0.3, 0.4) is 0 Å². The number of hydrogen-bond donors (Lipinski definition) is 1. The smallest absolute Gasteiger partial charge is 0.348 e. The molecule has 0 spiro atoms. The zero-order chi connectivity index (χ0) is 29.7. The van der Waals surface area contributed by atoms with E-state index >= 15 is 0 Å². The molecule has 1 unspecified atom stereocenters. The number of aromatic nitrogens is 1. The Hall–Kier alpha value is -4.84. The first-order chi connectivity index (χ1) is 20.2. The third-order valence-corrected chi connectivity index (χ3v) is 7.46. The summed E-state index contributed by atoms with van der Waals surface area (Å²) in [6, 6.07) is 31.5. The van der Waals surface area contributed by atoms with Crippen LogP contribution < -0.4 is 9.47 Å². The quantitative estimate of drug-likeness (QED) is 0.176. The number of aryl methyl sites for hydroxylation is 3. The minimum absolute atomic E-state index is 0.210. The molecule has 0 bridgehead atoms. The lowest BCUT2D eigenvalue weighted by atomic mass is 9.96. The Bertz CT molecular complexity index is 1670. The molecule has 4 aromatic carbocycles. The van der Waals surface area contributed by atoms with Crippen molar-refractivity contribution in [1.29, 1.82) is 0 Å². The Morgan fingerprint density at radius 1 is 0.810 bits per heavy atom. The number of oxazole rings is 1. The first kappa shape index (κ1) is 28.7. The van der Waals surface area contributed by atoms with Crippen molar-refractivity contribution in [3.8, 4) is 34.1 Å². The van der Waals surface area contributed by atoms with Gasteiger partial charge in [0.1, 0.15) is 17.3 Å². The van der Waals surface area contributed by atoms with Gasteiger partial charge in [-0.2, -0.15) is 0 Å². The van der Waals surface area contributed by atoms with E-state index in [1.807, 2.05) is 93.6 Å². The highest BCUT2D eigenvalue weighted by Crippen LogP contribution is 2.28. The SMILES string of the molecule is Cc1ccc(OC(C)(Cc2ccc(OCCc3nc(-c4cccc(-c5ccccc5)c4)oc3C)cc2)C(=O)O)cc1C. The van der Waals surface area contributed by atoms with Crippen molar-refractivity contribution in [3.63, 3.8) is 0 Å². The lowest BCUT2D eigenvalue weighted by Crippen LogP contribution is -2.43. The summed E-state index contributed by atoms with van der Waals surface area (Å²) in [6.45, 7) is 7.93. The Labute approximate surface area is 246 Å². The number of benzene rings is 4. The second-order valence-electron chi connectivity index (χ2n) is 10.8. The zero-order valence-electron chi connectivity index (χ0n) is 24.4. The molecule has 214 valence electrons. The molecule has 0 aliphatic rings. The first-order valence-corrected chi connectivity index (χ1v) is 14.0. The summed E-state index contributed by atoms with van der Waals surface area (Å²) < 4.78 is 18.0. The van der Waals surface area contributed by atoms with Gasteiger partial charge in [0.25, 0.3) is 0 Å². The van der Waals surface area contributed by atoms with Gasteiger partial charge in [-0.25, -0.2) is 9.78 Å². The van der Waals surface area contributed by atoms with E-state index in [0.717, 1.165) is 44.8 Å². The fraction of sp³-hybridized carbons (Fsp3) is 0.222. The molecule has 0 saturated heterocycles. The Morgan fingerprint density at radius 2 is 1.50 bits per heavy atom. The number of ether oxygens (including phenoxy) is 2. The molecule has 1 N–H and O–H groups in total. The van der Waals surface area contributed by atoms with Crippen LogP contribution in [0.5, 0.6) is 11.5 Å². The average molecular weight is 562 g/mol. The van der Waals surface area contributed by atoms with Crippen LogP contribution in [0.1, 0.15) is 35.1 Å². The summed E-state index contributed by atoms with van der Waals surface area (Å²) in [4.78, 5) is 16.9. The molecule has 1 aromatic heterocycles. The van der Waals surface area contributed by atoms with Crippen molar-refractivity contribution in [3.05, 3.63) is 125 Å². The van der Waals surface area contributed by atoms with Gasteiger partial charge >= 0.3 is 5.97 Å². The minimum atomic E-state index is -1.41. The van der Waals surface area contributed by atoms with Gasteiger partial charge in [-0.3, -0.25) is 0 Å². The highest BCUT2D eigenvalue weighted by Gasteiger charge is 2.36. The van der Waals surface area contributed by atoms with E-state index < -0.39 is 11.6 Å². The van der Waals surface area contributed by atoms with E-state index in [2.05, 4.69) is 24.3 Å². The lowest BCUT2D eigenvalue weighted by molar-refractivity contribution is -0.153. The van der Waals surface area contributed by atoms with Crippen LogP contribution in [-0.2, 0) is 17.6 Å². The monoisotopic (exact) mass is 561 g/mol. The van der Waals surface area contributed by atoms with Crippen LogP contribution in [-0.4, -0.2) is 28.3 Å². The molecule has 6 nitrogen and oxygen atoms in total. The molecule has 6 heteroatoms. The van der Waals surface area contributed by atoms with Gasteiger partial charge in [0, 0.05) is 18.4 Å². The van der Waals surface area contributed by atoms with Crippen LogP contribution in [0.25, 0.3) is 22.6 Å². The molecule has 0 fully saturated rings. The molecule has 0 amide bonds. The molecule has 1 atom stereocenters. The van der Waals surface area contributed by atoms with Gasteiger partial charge in [0.05, 0.1) is 12.3 Å². The van der Waals surface area contributed by atoms with Crippen molar-refractivity contribution in [2.24, 2.45) is 0 Å². The summed E-state index contributed by atoms with van der Waals surface area (Å²) in [5, 5.41) is 9.96. The number of aliphatic carboxylic acids is 1. The summed E-state index contributed by atoms with van der Waals surface area (Å²) in [7, 11) is 0. The summed E-state index contributed by atoms with van der Waals surface area (Å²) in [6.07, 6.45) is 0.804. The lowest BCUT2D eigenvalue weighted by Gasteiger charge is -2.27. The molecular weight excluding hydrogens is 526 g/mol. The summed E-state index contributed by atoms with van der Waals surface area (Å²) >= 11 is 0. The number of nitrogens with zero attached hydrogens (tertiary/aromatic N) is 1. The third kappa shape index (κ3) is 6.72. The molecule has 0 saturated carbocycles. The number of hydrogen-bond acceptors (Lipinski definition) is 5. The Balaban J connectivity index is 1.19. The van der Waals surface area contributed by atoms with Crippen LogP contribution in [0.15, 0.2) is 101 Å².